The van der Waals surface area contributed by atoms with E-state index in [9.17, 15) is 9.59 Å². The Hall–Kier alpha value is -0.840. The molecule has 0 atom stereocenters. The molecule has 1 aromatic rings. The predicted molar refractivity (Wildman–Crippen MR) is 121 cm³/mol. The molecule has 0 fully saturated rings. The monoisotopic (exact) mass is 427 g/mol. The molecule has 0 radical (unpaired) electrons. The van der Waals surface area contributed by atoms with E-state index in [-0.39, 0.29) is 36.9 Å². The molecule has 0 spiro atoms. The molecule has 0 aliphatic rings. The van der Waals surface area contributed by atoms with E-state index in [0.29, 0.717) is 12.0 Å². The van der Waals surface area contributed by atoms with E-state index >= 15 is 0 Å². The zero-order chi connectivity index (χ0) is 21.0. The molecule has 0 unspecified atom stereocenters. The minimum atomic E-state index is -0.532. The molecule has 0 bridgehead atoms. The number of amides is 1. The quantitative estimate of drug-likeness (QED) is 0.230. The van der Waals surface area contributed by atoms with Crippen LogP contribution in [0.2, 0.25) is 0 Å². The summed E-state index contributed by atoms with van der Waals surface area (Å²) in [6.45, 7) is 2.27. The van der Waals surface area contributed by atoms with Crippen molar-refractivity contribution >= 4 is 11.9 Å². The third kappa shape index (κ3) is 16.9. The number of rotatable bonds is 17. The van der Waals surface area contributed by atoms with Gasteiger partial charge >= 0.3 is 35.5 Å². The molecule has 0 aliphatic carbocycles. The van der Waals surface area contributed by atoms with Crippen LogP contribution in [0.4, 0.5) is 0 Å². The van der Waals surface area contributed by atoms with Crippen molar-refractivity contribution < 1.29 is 45.4 Å². The summed E-state index contributed by atoms with van der Waals surface area (Å²) in [4.78, 5) is 28.3. The Morgan fingerprint density at radius 2 is 1.17 bits per heavy atom. The van der Waals surface area contributed by atoms with Crippen molar-refractivity contribution in [2.24, 2.45) is 0 Å². The maximum absolute atomic E-state index is 11.7. The van der Waals surface area contributed by atoms with Crippen LogP contribution < -0.4 is 35.0 Å². The van der Waals surface area contributed by atoms with Gasteiger partial charge in [-0.3, -0.25) is 4.79 Å². The minimum Gasteiger partial charge on any atom is -1.00 e. The molecule has 1 rings (SSSR count). The van der Waals surface area contributed by atoms with Gasteiger partial charge in [-0.15, -0.1) is 0 Å². The first kappa shape index (κ1) is 29.2. The van der Waals surface area contributed by atoms with Crippen molar-refractivity contribution in [3.63, 3.8) is 0 Å². The van der Waals surface area contributed by atoms with Crippen LogP contribution in [0.5, 0.6) is 0 Å². The number of benzene rings is 1. The topological polar surface area (TPSA) is 55.4 Å². The molecule has 0 heterocycles. The fraction of sp³-hybridized carbons (Fsp3) is 0.680. The number of hydroxylamine groups is 1. The summed E-state index contributed by atoms with van der Waals surface area (Å²) in [7, 11) is 0. The molecule has 0 aliphatic heterocycles. The summed E-state index contributed by atoms with van der Waals surface area (Å²) in [5, 5.41) is 0. The van der Waals surface area contributed by atoms with Crippen molar-refractivity contribution in [3.05, 3.63) is 35.9 Å². The summed E-state index contributed by atoms with van der Waals surface area (Å²) in [5.41, 5.74) is 2.67. The first-order valence-electron chi connectivity index (χ1n) is 11.8. The van der Waals surface area contributed by atoms with Crippen molar-refractivity contribution in [2.45, 2.75) is 110 Å². The third-order valence-electron chi connectivity index (χ3n) is 5.27. The van der Waals surface area contributed by atoms with Crippen molar-refractivity contribution in [3.8, 4) is 0 Å². The molecule has 0 saturated heterocycles. The van der Waals surface area contributed by atoms with Gasteiger partial charge in [0.05, 0.1) is 5.56 Å². The number of nitrogens with one attached hydrogen (secondary N) is 1. The van der Waals surface area contributed by atoms with E-state index in [4.69, 9.17) is 4.84 Å². The van der Waals surface area contributed by atoms with Gasteiger partial charge in [0.25, 0.3) is 5.91 Å². The van der Waals surface area contributed by atoms with Crippen LogP contribution in [0.15, 0.2) is 30.3 Å². The first-order chi connectivity index (χ1) is 14.2. The average Bonchev–Trinajstić information content (AvgIpc) is 2.75. The second-order valence-electron chi connectivity index (χ2n) is 7.98. The van der Waals surface area contributed by atoms with Gasteiger partial charge in [0.15, 0.2) is 0 Å². The van der Waals surface area contributed by atoms with Crippen molar-refractivity contribution in [1.29, 1.82) is 0 Å². The molecule has 0 aromatic heterocycles. The van der Waals surface area contributed by atoms with Gasteiger partial charge in [0.2, 0.25) is 0 Å². The van der Waals surface area contributed by atoms with Gasteiger partial charge in [0.1, 0.15) is 0 Å². The molecule has 1 aromatic carbocycles. The Morgan fingerprint density at radius 1 is 0.733 bits per heavy atom. The van der Waals surface area contributed by atoms with Crippen LogP contribution >= 0.6 is 0 Å². The van der Waals surface area contributed by atoms with Gasteiger partial charge < -0.3 is 6.26 Å². The van der Waals surface area contributed by atoms with Crippen LogP contribution in [-0.2, 0) is 9.63 Å². The molecule has 0 saturated carbocycles. The Labute approximate surface area is 207 Å². The van der Waals surface area contributed by atoms with Crippen LogP contribution in [0.1, 0.15) is 121 Å². The van der Waals surface area contributed by atoms with Crippen molar-refractivity contribution in [2.75, 3.05) is 0 Å². The van der Waals surface area contributed by atoms with Crippen LogP contribution in [0.3, 0.4) is 0 Å². The van der Waals surface area contributed by atoms with Gasteiger partial charge in [0, 0.05) is 6.42 Å². The summed E-state index contributed by atoms with van der Waals surface area (Å²) in [6, 6.07) is 8.65. The number of unbranched alkanes of at least 4 members (excludes halogenated alkanes) is 14. The molecule has 1 amide bonds. The minimum absolute atomic E-state index is 0. The molecular formula is C25H42NNaO3. The smallest absolute Gasteiger partial charge is 1.00 e. The number of hydrogen-bond donors (Lipinski definition) is 1. The fourth-order valence-electron chi connectivity index (χ4n) is 3.44. The molecular weight excluding hydrogens is 385 g/mol. The molecule has 30 heavy (non-hydrogen) atoms. The summed E-state index contributed by atoms with van der Waals surface area (Å²) in [5.74, 6) is -0.764. The standard InChI is InChI=1S/C25H41NO3.Na.H/c1-2-3-4-5-6-7-8-9-10-11-12-13-14-15-19-22-24(27)26-29-25(28)23-20-17-16-18-21-23;;/h16-18,20-21H,2-15,19,22H2,1H3,(H,26,27);;/q;+1;-1. The maximum Gasteiger partial charge on any atom is 1.00 e. The third-order valence-corrected chi connectivity index (χ3v) is 5.27. The van der Waals surface area contributed by atoms with Crippen molar-refractivity contribution in [1.82, 2.24) is 5.48 Å². The largest absolute Gasteiger partial charge is 1.00 e. The Bertz CT molecular complexity index is 543. The van der Waals surface area contributed by atoms with Gasteiger partial charge in [-0.2, -0.15) is 5.48 Å². The van der Waals surface area contributed by atoms with E-state index in [0.717, 1.165) is 12.8 Å². The second-order valence-corrected chi connectivity index (χ2v) is 7.98. The molecule has 5 heteroatoms. The molecule has 4 nitrogen and oxygen atoms in total. The average molecular weight is 428 g/mol. The second kappa shape index (κ2) is 21.4. The van der Waals surface area contributed by atoms with Gasteiger partial charge in [-0.05, 0) is 18.6 Å². The maximum atomic E-state index is 11.7. The van der Waals surface area contributed by atoms with E-state index in [1.54, 1.807) is 24.3 Å². The Morgan fingerprint density at radius 3 is 1.63 bits per heavy atom. The molecule has 166 valence electrons. The fourth-order valence-corrected chi connectivity index (χ4v) is 3.44. The number of carbonyl (C=O) groups excluding carboxylic acids is 2. The normalized spacial score (nSPS) is 10.3. The molecule has 1 N–H and O–H groups in total. The summed E-state index contributed by atoms with van der Waals surface area (Å²) in [6.07, 6.45) is 19.9. The van der Waals surface area contributed by atoms with Crippen LogP contribution in [0, 0.1) is 0 Å². The van der Waals surface area contributed by atoms with E-state index < -0.39 is 5.97 Å². The van der Waals surface area contributed by atoms with E-state index in [2.05, 4.69) is 12.4 Å². The van der Waals surface area contributed by atoms with Gasteiger partial charge in [-0.25, -0.2) is 4.79 Å². The SMILES string of the molecule is CCCCCCCCCCCCCCCCCC(=O)NOC(=O)c1ccccc1.[H-].[Na+]. The first-order valence-corrected chi connectivity index (χ1v) is 11.8. The number of hydrogen-bond acceptors (Lipinski definition) is 3. The zero-order valence-corrected chi connectivity index (χ0v) is 21.4. The van der Waals surface area contributed by atoms with Gasteiger partial charge in [-0.1, -0.05) is 115 Å². The Kier molecular flexibility index (Phi) is 20.8. The number of carbonyl (C=O) groups is 2. The summed E-state index contributed by atoms with van der Waals surface area (Å²) < 4.78 is 0. The van der Waals surface area contributed by atoms with E-state index in [1.165, 1.54) is 83.5 Å². The summed E-state index contributed by atoms with van der Waals surface area (Å²) >= 11 is 0. The van der Waals surface area contributed by atoms with Crippen LogP contribution in [-0.4, -0.2) is 11.9 Å². The van der Waals surface area contributed by atoms with Crippen LogP contribution in [0.25, 0.3) is 0 Å². The predicted octanol–water partition coefficient (Wildman–Crippen LogP) is 4.25. The zero-order valence-electron chi connectivity index (χ0n) is 20.4. The van der Waals surface area contributed by atoms with E-state index in [1.807, 2.05) is 6.07 Å². The Balaban J connectivity index is 0.